The van der Waals surface area contributed by atoms with Gasteiger partial charge < -0.3 is 5.73 Å². The fourth-order valence-electron chi connectivity index (χ4n) is 1.37. The second-order valence-electron chi connectivity index (χ2n) is 3.71. The van der Waals surface area contributed by atoms with Gasteiger partial charge in [0.1, 0.15) is 0 Å². The second kappa shape index (κ2) is 4.95. The Bertz CT molecular complexity index is 464. The van der Waals surface area contributed by atoms with Crippen LogP contribution in [0, 0.1) is 0 Å². The lowest BCUT2D eigenvalue weighted by Gasteiger charge is -2.02. The summed E-state index contributed by atoms with van der Waals surface area (Å²) < 4.78 is 0. The molecule has 0 aliphatic carbocycles. The lowest BCUT2D eigenvalue weighted by atomic mass is 10.1. The topological polar surface area (TPSA) is 38.9 Å². The molecule has 1 heterocycles. The van der Waals surface area contributed by atoms with E-state index < -0.39 is 0 Å². The monoisotopic (exact) mass is 252 g/mol. The molecule has 0 amide bonds. The lowest BCUT2D eigenvalue weighted by molar-refractivity contribution is 0.766. The normalized spacial score (nSPS) is 12.7. The maximum atomic E-state index is 5.84. The van der Waals surface area contributed by atoms with Gasteiger partial charge in [0.25, 0.3) is 0 Å². The molecule has 0 bridgehead atoms. The first-order chi connectivity index (χ1) is 7.70. The van der Waals surface area contributed by atoms with Crippen LogP contribution in [0.2, 0.25) is 5.02 Å². The Morgan fingerprint density at radius 3 is 2.69 bits per heavy atom. The number of halogens is 1. The van der Waals surface area contributed by atoms with Crippen molar-refractivity contribution in [1.29, 1.82) is 0 Å². The molecular weight excluding hydrogens is 240 g/mol. The fourth-order valence-corrected chi connectivity index (χ4v) is 2.39. The summed E-state index contributed by atoms with van der Waals surface area (Å²) in [6.45, 7) is 2.72. The van der Waals surface area contributed by atoms with Gasteiger partial charge >= 0.3 is 0 Å². The summed E-state index contributed by atoms with van der Waals surface area (Å²) in [5, 5.41) is 3.90. The van der Waals surface area contributed by atoms with Crippen LogP contribution in [0.15, 0.2) is 29.6 Å². The van der Waals surface area contributed by atoms with E-state index in [9.17, 15) is 0 Å². The first kappa shape index (κ1) is 11.6. The van der Waals surface area contributed by atoms with Gasteiger partial charge in [-0.25, -0.2) is 4.98 Å². The van der Waals surface area contributed by atoms with Crippen LogP contribution in [0.4, 0.5) is 0 Å². The molecule has 1 unspecified atom stereocenters. The van der Waals surface area contributed by atoms with Crippen LogP contribution < -0.4 is 5.73 Å². The molecule has 0 saturated carbocycles. The Labute approximate surface area is 104 Å². The van der Waals surface area contributed by atoms with Crippen LogP contribution in [0.25, 0.3) is 11.3 Å². The number of rotatable bonds is 3. The van der Waals surface area contributed by atoms with E-state index in [0.717, 1.165) is 21.3 Å². The number of hydrogen-bond acceptors (Lipinski definition) is 3. The van der Waals surface area contributed by atoms with Crippen molar-refractivity contribution in [3.8, 4) is 11.3 Å². The largest absolute Gasteiger partial charge is 0.330 e. The van der Waals surface area contributed by atoms with Gasteiger partial charge in [0.15, 0.2) is 0 Å². The summed E-state index contributed by atoms with van der Waals surface area (Å²) in [5.41, 5.74) is 7.71. The number of aromatic nitrogens is 1. The van der Waals surface area contributed by atoms with Crippen molar-refractivity contribution in [1.82, 2.24) is 4.98 Å². The van der Waals surface area contributed by atoms with E-state index in [1.165, 1.54) is 0 Å². The molecule has 2 N–H and O–H groups in total. The summed E-state index contributed by atoms with van der Waals surface area (Å²) in [4.78, 5) is 4.58. The highest BCUT2D eigenvalue weighted by Gasteiger charge is 2.09. The van der Waals surface area contributed by atoms with Crippen molar-refractivity contribution >= 4 is 22.9 Å². The third-order valence-corrected chi connectivity index (χ3v) is 3.77. The summed E-state index contributed by atoms with van der Waals surface area (Å²) in [5.74, 6) is 0.325. The Morgan fingerprint density at radius 2 is 2.06 bits per heavy atom. The zero-order valence-electron chi connectivity index (χ0n) is 8.98. The SMILES string of the molecule is CC(CN)c1nc(-c2ccc(Cl)cc2)cs1. The van der Waals surface area contributed by atoms with Gasteiger partial charge in [-0.1, -0.05) is 30.7 Å². The Kier molecular flexibility index (Phi) is 3.59. The van der Waals surface area contributed by atoms with Gasteiger partial charge in [0, 0.05) is 28.4 Å². The minimum absolute atomic E-state index is 0.325. The summed E-state index contributed by atoms with van der Waals surface area (Å²) >= 11 is 7.50. The molecule has 2 nitrogen and oxygen atoms in total. The number of thiazole rings is 1. The summed E-state index contributed by atoms with van der Waals surface area (Å²) in [6, 6.07) is 7.72. The summed E-state index contributed by atoms with van der Waals surface area (Å²) in [7, 11) is 0. The van der Waals surface area contributed by atoms with Crippen molar-refractivity contribution in [3.05, 3.63) is 39.7 Å². The highest BCUT2D eigenvalue weighted by atomic mass is 35.5. The second-order valence-corrected chi connectivity index (χ2v) is 5.04. The van der Waals surface area contributed by atoms with E-state index in [0.29, 0.717) is 12.5 Å². The number of nitrogens with zero attached hydrogens (tertiary/aromatic N) is 1. The van der Waals surface area contributed by atoms with Crippen LogP contribution in [-0.2, 0) is 0 Å². The van der Waals surface area contributed by atoms with E-state index >= 15 is 0 Å². The maximum absolute atomic E-state index is 5.84. The van der Waals surface area contributed by atoms with Crippen molar-refractivity contribution in [2.45, 2.75) is 12.8 Å². The minimum Gasteiger partial charge on any atom is -0.330 e. The fraction of sp³-hybridized carbons (Fsp3) is 0.250. The zero-order chi connectivity index (χ0) is 11.5. The Balaban J connectivity index is 2.28. The minimum atomic E-state index is 0.325. The van der Waals surface area contributed by atoms with Crippen LogP contribution in [0.1, 0.15) is 17.8 Å². The molecule has 1 aromatic heterocycles. The van der Waals surface area contributed by atoms with E-state index in [1.54, 1.807) is 11.3 Å². The van der Waals surface area contributed by atoms with Gasteiger partial charge in [0.05, 0.1) is 10.7 Å². The molecule has 0 saturated heterocycles. The highest BCUT2D eigenvalue weighted by molar-refractivity contribution is 7.10. The smallest absolute Gasteiger partial charge is 0.0973 e. The Hall–Kier alpha value is -0.900. The van der Waals surface area contributed by atoms with Gasteiger partial charge in [-0.2, -0.15) is 0 Å². The van der Waals surface area contributed by atoms with Gasteiger partial charge in [0.2, 0.25) is 0 Å². The molecule has 0 fully saturated rings. The van der Waals surface area contributed by atoms with Crippen molar-refractivity contribution in [2.75, 3.05) is 6.54 Å². The number of benzene rings is 1. The molecule has 4 heteroatoms. The van der Waals surface area contributed by atoms with Crippen LogP contribution in [0.5, 0.6) is 0 Å². The highest BCUT2D eigenvalue weighted by Crippen LogP contribution is 2.26. The molecule has 1 aromatic carbocycles. The Morgan fingerprint density at radius 1 is 1.38 bits per heavy atom. The van der Waals surface area contributed by atoms with E-state index in [-0.39, 0.29) is 0 Å². The lowest BCUT2D eigenvalue weighted by Crippen LogP contribution is -2.08. The average Bonchev–Trinajstić information content (AvgIpc) is 2.78. The summed E-state index contributed by atoms with van der Waals surface area (Å²) in [6.07, 6.45) is 0. The van der Waals surface area contributed by atoms with Gasteiger partial charge in [-0.05, 0) is 12.1 Å². The molecule has 2 rings (SSSR count). The molecular formula is C12H13ClN2S. The standard InChI is InChI=1S/C12H13ClN2S/c1-8(6-14)12-15-11(7-16-12)9-2-4-10(13)5-3-9/h2-5,7-8H,6,14H2,1H3. The first-order valence-electron chi connectivity index (χ1n) is 5.12. The quantitative estimate of drug-likeness (QED) is 0.908. The molecule has 2 aromatic rings. The molecule has 84 valence electrons. The molecule has 1 atom stereocenters. The van der Waals surface area contributed by atoms with Gasteiger partial charge in [-0.3, -0.25) is 0 Å². The molecule has 0 spiro atoms. The number of hydrogen-bond donors (Lipinski definition) is 1. The predicted molar refractivity (Wildman–Crippen MR) is 70.0 cm³/mol. The molecule has 0 aliphatic heterocycles. The molecule has 16 heavy (non-hydrogen) atoms. The zero-order valence-corrected chi connectivity index (χ0v) is 10.6. The average molecular weight is 253 g/mol. The van der Waals surface area contributed by atoms with Crippen LogP contribution >= 0.6 is 22.9 Å². The molecule has 0 aliphatic rings. The third-order valence-electron chi connectivity index (χ3n) is 2.44. The third kappa shape index (κ3) is 2.43. The van der Waals surface area contributed by atoms with E-state index in [2.05, 4.69) is 17.3 Å². The maximum Gasteiger partial charge on any atom is 0.0973 e. The van der Waals surface area contributed by atoms with Crippen molar-refractivity contribution in [3.63, 3.8) is 0 Å². The van der Waals surface area contributed by atoms with Crippen LogP contribution in [0.3, 0.4) is 0 Å². The first-order valence-corrected chi connectivity index (χ1v) is 6.38. The molecule has 0 radical (unpaired) electrons. The van der Waals surface area contributed by atoms with Crippen molar-refractivity contribution < 1.29 is 0 Å². The predicted octanol–water partition coefficient (Wildman–Crippen LogP) is 3.53. The van der Waals surface area contributed by atoms with E-state index in [1.807, 2.05) is 24.3 Å². The van der Waals surface area contributed by atoms with Crippen LogP contribution in [-0.4, -0.2) is 11.5 Å². The van der Waals surface area contributed by atoms with E-state index in [4.69, 9.17) is 17.3 Å². The number of nitrogens with two attached hydrogens (primary N) is 1. The van der Waals surface area contributed by atoms with Gasteiger partial charge in [-0.15, -0.1) is 11.3 Å². The van der Waals surface area contributed by atoms with Crippen molar-refractivity contribution in [2.24, 2.45) is 5.73 Å².